The molecule has 122 valence electrons. The molecule has 3 heteroatoms. The first-order chi connectivity index (χ1) is 10.5. The molecule has 3 nitrogen and oxygen atoms in total. The number of rotatable bonds is 5. The summed E-state index contributed by atoms with van der Waals surface area (Å²) >= 11 is 0. The third-order valence-corrected chi connectivity index (χ3v) is 5.23. The van der Waals surface area contributed by atoms with Crippen LogP contribution in [0.3, 0.4) is 0 Å². The Bertz CT molecular complexity index is 464. The Morgan fingerprint density at radius 1 is 1.23 bits per heavy atom. The first-order valence-electron chi connectivity index (χ1n) is 8.63. The van der Waals surface area contributed by atoms with Crippen molar-refractivity contribution in [2.45, 2.75) is 52.0 Å². The molecule has 1 aliphatic heterocycles. The molecule has 1 heterocycles. The van der Waals surface area contributed by atoms with Crippen molar-refractivity contribution in [1.82, 2.24) is 4.90 Å². The van der Waals surface area contributed by atoms with Gasteiger partial charge >= 0.3 is 0 Å². The number of amides is 1. The van der Waals surface area contributed by atoms with Crippen LogP contribution in [0.4, 0.5) is 0 Å². The van der Waals surface area contributed by atoms with Crippen LogP contribution >= 0.6 is 0 Å². The lowest BCUT2D eigenvalue weighted by molar-refractivity contribution is -0.135. The lowest BCUT2D eigenvalue weighted by Crippen LogP contribution is -2.45. The van der Waals surface area contributed by atoms with Gasteiger partial charge in [0.2, 0.25) is 5.91 Å². The second-order valence-corrected chi connectivity index (χ2v) is 6.80. The van der Waals surface area contributed by atoms with Crippen molar-refractivity contribution in [1.29, 1.82) is 0 Å². The third kappa shape index (κ3) is 3.89. The molecular formula is C19H30N2O. The summed E-state index contributed by atoms with van der Waals surface area (Å²) < 4.78 is 0. The zero-order valence-corrected chi connectivity index (χ0v) is 14.2. The molecule has 0 spiro atoms. The Labute approximate surface area is 134 Å². The summed E-state index contributed by atoms with van der Waals surface area (Å²) in [7, 11) is 0. The van der Waals surface area contributed by atoms with E-state index in [9.17, 15) is 4.79 Å². The number of nitrogens with zero attached hydrogens (tertiary/aromatic N) is 1. The van der Waals surface area contributed by atoms with Gasteiger partial charge in [0.05, 0.1) is 5.92 Å². The van der Waals surface area contributed by atoms with Crippen molar-refractivity contribution >= 4 is 5.91 Å². The van der Waals surface area contributed by atoms with Crippen molar-refractivity contribution in [2.24, 2.45) is 17.6 Å². The molecule has 0 saturated carbocycles. The van der Waals surface area contributed by atoms with Gasteiger partial charge < -0.3 is 10.6 Å². The molecule has 1 aliphatic rings. The van der Waals surface area contributed by atoms with Crippen LogP contribution in [0.15, 0.2) is 30.3 Å². The van der Waals surface area contributed by atoms with Gasteiger partial charge in [-0.05, 0) is 37.2 Å². The maximum Gasteiger partial charge on any atom is 0.230 e. The van der Waals surface area contributed by atoms with Crippen LogP contribution in [0.5, 0.6) is 0 Å². The Kier molecular flexibility index (Phi) is 6.01. The van der Waals surface area contributed by atoms with E-state index in [1.165, 1.54) is 0 Å². The van der Waals surface area contributed by atoms with Crippen molar-refractivity contribution < 1.29 is 4.79 Å². The highest BCUT2D eigenvalue weighted by molar-refractivity contribution is 5.84. The number of likely N-dealkylation sites (tertiary alicyclic amines) is 1. The summed E-state index contributed by atoms with van der Waals surface area (Å²) in [5.41, 5.74) is 7.16. The molecule has 0 radical (unpaired) electrons. The van der Waals surface area contributed by atoms with Gasteiger partial charge in [-0.25, -0.2) is 0 Å². The summed E-state index contributed by atoms with van der Waals surface area (Å²) in [5.74, 6) is 1.20. The minimum atomic E-state index is -0.0157. The smallest absolute Gasteiger partial charge is 0.230 e. The van der Waals surface area contributed by atoms with Crippen LogP contribution in [0, 0.1) is 11.8 Å². The van der Waals surface area contributed by atoms with E-state index in [0.717, 1.165) is 37.9 Å². The van der Waals surface area contributed by atoms with Gasteiger partial charge in [0.25, 0.3) is 0 Å². The maximum atomic E-state index is 13.1. The number of nitrogens with two attached hydrogens (primary N) is 1. The number of carbonyl (C=O) groups excluding carboxylic acids is 1. The van der Waals surface area contributed by atoms with Crippen LogP contribution in [-0.4, -0.2) is 29.9 Å². The highest BCUT2D eigenvalue weighted by atomic mass is 16.2. The zero-order valence-electron chi connectivity index (χ0n) is 14.2. The summed E-state index contributed by atoms with van der Waals surface area (Å²) in [5, 5.41) is 0. The van der Waals surface area contributed by atoms with Crippen molar-refractivity contribution in [3.63, 3.8) is 0 Å². The second kappa shape index (κ2) is 7.77. The number of benzene rings is 1. The highest BCUT2D eigenvalue weighted by Crippen LogP contribution is 2.31. The minimum Gasteiger partial charge on any atom is -0.342 e. The van der Waals surface area contributed by atoms with Crippen LogP contribution in [0.1, 0.15) is 51.5 Å². The molecule has 1 aromatic rings. The number of carbonyl (C=O) groups is 1. The Morgan fingerprint density at radius 3 is 2.32 bits per heavy atom. The van der Waals surface area contributed by atoms with Crippen molar-refractivity contribution in [3.05, 3.63) is 35.9 Å². The van der Waals surface area contributed by atoms with Gasteiger partial charge in [0.15, 0.2) is 0 Å². The van der Waals surface area contributed by atoms with E-state index in [2.05, 4.69) is 37.8 Å². The van der Waals surface area contributed by atoms with Crippen LogP contribution in [-0.2, 0) is 4.79 Å². The number of hydrogen-bond acceptors (Lipinski definition) is 2. The molecular weight excluding hydrogens is 272 g/mol. The fraction of sp³-hybridized carbons (Fsp3) is 0.632. The molecule has 1 saturated heterocycles. The van der Waals surface area contributed by atoms with Gasteiger partial charge in [-0.2, -0.15) is 0 Å². The fourth-order valence-corrected chi connectivity index (χ4v) is 3.45. The third-order valence-electron chi connectivity index (χ3n) is 5.23. The molecule has 0 aliphatic carbocycles. The first-order valence-corrected chi connectivity index (χ1v) is 8.63. The molecule has 0 bridgehead atoms. The average molecular weight is 302 g/mol. The minimum absolute atomic E-state index is 0.0157. The highest BCUT2D eigenvalue weighted by Gasteiger charge is 2.32. The molecule has 0 aromatic heterocycles. The zero-order chi connectivity index (χ0) is 16.1. The van der Waals surface area contributed by atoms with Gasteiger partial charge in [0.1, 0.15) is 0 Å². The quantitative estimate of drug-likeness (QED) is 0.906. The predicted octanol–water partition coefficient (Wildman–Crippen LogP) is 3.40. The van der Waals surface area contributed by atoms with E-state index in [4.69, 9.17) is 5.73 Å². The topological polar surface area (TPSA) is 46.3 Å². The largest absolute Gasteiger partial charge is 0.342 e. The first kappa shape index (κ1) is 17.0. The van der Waals surface area contributed by atoms with E-state index in [0.29, 0.717) is 17.7 Å². The van der Waals surface area contributed by atoms with Crippen LogP contribution < -0.4 is 5.73 Å². The monoisotopic (exact) mass is 302 g/mol. The SMILES string of the molecule is CCC(C)C(C(=O)N1CCC(C(C)N)CC1)c1ccccc1. The van der Waals surface area contributed by atoms with Gasteiger partial charge in [-0.3, -0.25) is 4.79 Å². The molecule has 1 aromatic carbocycles. The lowest BCUT2D eigenvalue weighted by Gasteiger charge is -2.37. The summed E-state index contributed by atoms with van der Waals surface area (Å²) in [6, 6.07) is 10.5. The van der Waals surface area contributed by atoms with Crippen LogP contribution in [0.25, 0.3) is 0 Å². The Hall–Kier alpha value is -1.35. The fourth-order valence-electron chi connectivity index (χ4n) is 3.45. The Morgan fingerprint density at radius 2 is 1.82 bits per heavy atom. The number of hydrogen-bond donors (Lipinski definition) is 1. The van der Waals surface area contributed by atoms with Gasteiger partial charge in [0, 0.05) is 19.1 Å². The molecule has 3 atom stereocenters. The van der Waals surface area contributed by atoms with Crippen molar-refractivity contribution in [2.75, 3.05) is 13.1 Å². The molecule has 1 fully saturated rings. The summed E-state index contributed by atoms with van der Waals surface area (Å²) in [4.78, 5) is 15.1. The predicted molar refractivity (Wildman–Crippen MR) is 91.6 cm³/mol. The maximum absolute atomic E-state index is 13.1. The van der Waals surface area contributed by atoms with Crippen molar-refractivity contribution in [3.8, 4) is 0 Å². The van der Waals surface area contributed by atoms with Gasteiger partial charge in [-0.15, -0.1) is 0 Å². The van der Waals surface area contributed by atoms with E-state index in [1.807, 2.05) is 18.2 Å². The molecule has 1 amide bonds. The normalized spacial score (nSPS) is 20.5. The van der Waals surface area contributed by atoms with Crippen LogP contribution in [0.2, 0.25) is 0 Å². The molecule has 22 heavy (non-hydrogen) atoms. The average Bonchev–Trinajstić information content (AvgIpc) is 2.55. The summed E-state index contributed by atoms with van der Waals surface area (Å²) in [6.07, 6.45) is 3.08. The van der Waals surface area contributed by atoms with E-state index in [1.54, 1.807) is 0 Å². The molecule has 2 N–H and O–H groups in total. The number of piperidine rings is 1. The standard InChI is InChI=1S/C19H30N2O/c1-4-14(2)18(17-8-6-5-7-9-17)19(22)21-12-10-16(11-13-21)15(3)20/h5-9,14-16,18H,4,10-13,20H2,1-3H3. The van der Waals surface area contributed by atoms with Gasteiger partial charge in [-0.1, -0.05) is 50.6 Å². The van der Waals surface area contributed by atoms with E-state index >= 15 is 0 Å². The molecule has 2 rings (SSSR count). The summed E-state index contributed by atoms with van der Waals surface area (Å²) in [6.45, 7) is 8.13. The second-order valence-electron chi connectivity index (χ2n) is 6.80. The Balaban J connectivity index is 2.10. The van der Waals surface area contributed by atoms with E-state index < -0.39 is 0 Å². The lowest BCUT2D eigenvalue weighted by atomic mass is 9.83. The van der Waals surface area contributed by atoms with E-state index in [-0.39, 0.29) is 12.0 Å². The molecule has 3 unspecified atom stereocenters.